The fourth-order valence-electron chi connectivity index (χ4n) is 2.77. The van der Waals surface area contributed by atoms with Crippen LogP contribution in [-0.2, 0) is 13.1 Å². The molecule has 1 unspecified atom stereocenters. The normalized spacial score (nSPS) is 11.5. The minimum absolute atomic E-state index is 0.719. The van der Waals surface area contributed by atoms with Crippen LogP contribution in [0.4, 0.5) is 0 Å². The van der Waals surface area contributed by atoms with E-state index in [9.17, 15) is 0 Å². The average molecular weight is 436 g/mol. The molecule has 0 N–H and O–H groups in total. The van der Waals surface area contributed by atoms with Crippen LogP contribution >= 0.6 is 21.2 Å². The number of allylic oxidation sites excluding steroid dienone is 1. The Morgan fingerprint density at radius 1 is 0.862 bits per heavy atom. The van der Waals surface area contributed by atoms with Crippen molar-refractivity contribution in [2.24, 2.45) is 0 Å². The standard InChI is InChI=1S/C22H30NO4PS/c1-16(28)10-11-29-23(14-17-6-8-19(24-2)12-21(17)26-4)15-18-7-9-20(25-3)13-22(18)27-5/h6-10,12-13H,11,14-15,28H2,1-5H3/b16-10+. The summed E-state index contributed by atoms with van der Waals surface area (Å²) in [5, 5.41) is 1.22. The maximum Gasteiger partial charge on any atom is 0.127 e. The van der Waals surface area contributed by atoms with Crippen molar-refractivity contribution in [3.63, 3.8) is 0 Å². The predicted octanol–water partition coefficient (Wildman–Crippen LogP) is 5.15. The van der Waals surface area contributed by atoms with Gasteiger partial charge in [0.2, 0.25) is 0 Å². The molecule has 0 heterocycles. The monoisotopic (exact) mass is 435 g/mol. The summed E-state index contributed by atoms with van der Waals surface area (Å²) in [6.07, 6.45) is 2.19. The van der Waals surface area contributed by atoms with E-state index in [4.69, 9.17) is 18.9 Å². The molecule has 5 nitrogen and oxygen atoms in total. The molecule has 0 aliphatic heterocycles. The molecule has 0 amide bonds. The molecule has 0 bridgehead atoms. The topological polar surface area (TPSA) is 40.2 Å². The smallest absolute Gasteiger partial charge is 0.127 e. The third kappa shape index (κ3) is 7.14. The van der Waals surface area contributed by atoms with Crippen LogP contribution in [0.2, 0.25) is 0 Å². The van der Waals surface area contributed by atoms with Crippen molar-refractivity contribution >= 4 is 21.2 Å². The highest BCUT2D eigenvalue weighted by molar-refractivity contribution is 7.97. The van der Waals surface area contributed by atoms with Crippen molar-refractivity contribution in [2.45, 2.75) is 20.0 Å². The lowest BCUT2D eigenvalue weighted by Gasteiger charge is -2.23. The third-order valence-electron chi connectivity index (χ3n) is 4.34. The van der Waals surface area contributed by atoms with Crippen molar-refractivity contribution in [1.82, 2.24) is 4.31 Å². The van der Waals surface area contributed by atoms with Gasteiger partial charge in [-0.1, -0.05) is 35.5 Å². The lowest BCUT2D eigenvalue weighted by atomic mass is 10.1. The molecule has 0 fully saturated rings. The molecule has 0 spiro atoms. The minimum Gasteiger partial charge on any atom is -0.497 e. The fraction of sp³-hybridized carbons (Fsp3) is 0.364. The van der Waals surface area contributed by atoms with E-state index in [-0.39, 0.29) is 0 Å². The van der Waals surface area contributed by atoms with Crippen molar-refractivity contribution in [3.05, 3.63) is 58.9 Å². The van der Waals surface area contributed by atoms with Crippen LogP contribution in [0.25, 0.3) is 0 Å². The van der Waals surface area contributed by atoms with Crippen LogP contribution < -0.4 is 18.9 Å². The van der Waals surface area contributed by atoms with Crippen LogP contribution in [0, 0.1) is 0 Å². The van der Waals surface area contributed by atoms with Gasteiger partial charge in [0, 0.05) is 42.1 Å². The highest BCUT2D eigenvalue weighted by Gasteiger charge is 2.15. The zero-order valence-corrected chi connectivity index (χ0v) is 19.7. The predicted molar refractivity (Wildman–Crippen MR) is 124 cm³/mol. The zero-order chi connectivity index (χ0) is 21.2. The Labute approximate surface area is 180 Å². The molecule has 158 valence electrons. The van der Waals surface area contributed by atoms with Crippen LogP contribution in [0.1, 0.15) is 18.1 Å². The number of hydrogen-bond donors (Lipinski definition) is 0. The Morgan fingerprint density at radius 3 is 1.72 bits per heavy atom. The van der Waals surface area contributed by atoms with Crippen molar-refractivity contribution in [3.8, 4) is 23.0 Å². The van der Waals surface area contributed by atoms with Crippen LogP contribution in [0.5, 0.6) is 23.0 Å². The van der Waals surface area contributed by atoms with Crippen molar-refractivity contribution in [2.75, 3.05) is 34.2 Å². The zero-order valence-electron chi connectivity index (χ0n) is 17.7. The third-order valence-corrected chi connectivity index (χ3v) is 5.52. The maximum atomic E-state index is 5.58. The Morgan fingerprint density at radius 2 is 1.34 bits per heavy atom. The van der Waals surface area contributed by atoms with E-state index in [1.54, 1.807) is 40.4 Å². The van der Waals surface area contributed by atoms with E-state index >= 15 is 0 Å². The van der Waals surface area contributed by atoms with Gasteiger partial charge in [0.05, 0.1) is 28.4 Å². The number of nitrogens with zero attached hydrogens (tertiary/aromatic N) is 1. The Hall–Kier alpha value is -1.88. The van der Waals surface area contributed by atoms with Gasteiger partial charge in [-0.25, -0.2) is 4.31 Å². The SMILES string of the molecule is COc1ccc(CN(Cc2ccc(OC)cc2OC)SC/C=C(\C)P)c(OC)c1. The first-order valence-corrected chi connectivity index (χ1v) is 10.7. The van der Waals surface area contributed by atoms with E-state index in [2.05, 4.69) is 26.5 Å². The molecule has 0 saturated carbocycles. The van der Waals surface area contributed by atoms with Gasteiger partial charge in [-0.15, -0.1) is 9.24 Å². The average Bonchev–Trinajstić information content (AvgIpc) is 2.73. The molecule has 0 saturated heterocycles. The first-order chi connectivity index (χ1) is 14.0. The second-order valence-electron chi connectivity index (χ2n) is 6.40. The molecule has 29 heavy (non-hydrogen) atoms. The van der Waals surface area contributed by atoms with E-state index in [0.717, 1.165) is 53.0 Å². The molecule has 0 aromatic heterocycles. The molecule has 0 radical (unpaired) electrons. The van der Waals surface area contributed by atoms with Gasteiger partial charge in [-0.2, -0.15) is 0 Å². The highest BCUT2D eigenvalue weighted by atomic mass is 32.2. The van der Waals surface area contributed by atoms with Crippen LogP contribution in [0.15, 0.2) is 47.8 Å². The molecular weight excluding hydrogens is 405 g/mol. The van der Waals surface area contributed by atoms with Crippen LogP contribution in [-0.4, -0.2) is 38.5 Å². The summed E-state index contributed by atoms with van der Waals surface area (Å²) in [5.74, 6) is 4.07. The first-order valence-electron chi connectivity index (χ1n) is 9.22. The maximum absolute atomic E-state index is 5.58. The Balaban J connectivity index is 2.27. The summed E-state index contributed by atoms with van der Waals surface area (Å²) >= 11 is 1.77. The number of benzene rings is 2. The van der Waals surface area contributed by atoms with Crippen molar-refractivity contribution < 1.29 is 18.9 Å². The lowest BCUT2D eigenvalue weighted by Crippen LogP contribution is -2.16. The molecule has 2 aromatic carbocycles. The molecule has 0 aliphatic rings. The summed E-state index contributed by atoms with van der Waals surface area (Å²) < 4.78 is 24.1. The minimum atomic E-state index is 0.719. The number of ether oxygens (including phenoxy) is 4. The van der Waals surface area contributed by atoms with E-state index in [1.165, 1.54) is 5.31 Å². The van der Waals surface area contributed by atoms with E-state index in [0.29, 0.717) is 0 Å². The molecule has 1 atom stereocenters. The van der Waals surface area contributed by atoms with Gasteiger partial charge >= 0.3 is 0 Å². The van der Waals surface area contributed by atoms with Gasteiger partial charge in [0.1, 0.15) is 23.0 Å². The molecule has 7 heteroatoms. The summed E-state index contributed by atoms with van der Waals surface area (Å²) in [5.41, 5.74) is 2.19. The number of rotatable bonds is 11. The van der Waals surface area contributed by atoms with Gasteiger partial charge in [0.15, 0.2) is 0 Å². The summed E-state index contributed by atoms with van der Waals surface area (Å²) in [6.45, 7) is 3.52. The summed E-state index contributed by atoms with van der Waals surface area (Å²) in [4.78, 5) is 0. The second-order valence-corrected chi connectivity index (χ2v) is 8.42. The molecular formula is C22H30NO4PS. The quantitative estimate of drug-likeness (QED) is 0.359. The Bertz CT molecular complexity index is 767. The van der Waals surface area contributed by atoms with Gasteiger partial charge < -0.3 is 18.9 Å². The Kier molecular flexibility index (Phi) is 9.65. The molecule has 0 aliphatic carbocycles. The fourth-order valence-corrected chi connectivity index (χ4v) is 4.06. The van der Waals surface area contributed by atoms with E-state index in [1.807, 2.05) is 36.4 Å². The largest absolute Gasteiger partial charge is 0.497 e. The second kappa shape index (κ2) is 12.0. The number of hydrogen-bond acceptors (Lipinski definition) is 6. The first kappa shape index (κ1) is 23.4. The van der Waals surface area contributed by atoms with Gasteiger partial charge in [-0.3, -0.25) is 0 Å². The van der Waals surface area contributed by atoms with E-state index < -0.39 is 0 Å². The molecule has 2 aromatic rings. The van der Waals surface area contributed by atoms with Gasteiger partial charge in [-0.05, 0) is 19.1 Å². The van der Waals surface area contributed by atoms with Crippen molar-refractivity contribution in [1.29, 1.82) is 0 Å². The lowest BCUT2D eigenvalue weighted by molar-refractivity contribution is 0.372. The molecule has 2 rings (SSSR count). The van der Waals surface area contributed by atoms with Crippen LogP contribution in [0.3, 0.4) is 0 Å². The highest BCUT2D eigenvalue weighted by Crippen LogP contribution is 2.31. The summed E-state index contributed by atoms with van der Waals surface area (Å²) in [7, 11) is 9.41. The number of methoxy groups -OCH3 is 4. The van der Waals surface area contributed by atoms with Gasteiger partial charge in [0.25, 0.3) is 0 Å². The summed E-state index contributed by atoms with van der Waals surface area (Å²) in [6, 6.07) is 11.8.